The first-order valence-electron chi connectivity index (χ1n) is 3.99. The van der Waals surface area contributed by atoms with Crippen LogP contribution < -0.4 is 5.73 Å². The minimum Gasteiger partial charge on any atom is -0.340 e. The molecule has 4 nitrogen and oxygen atoms in total. The lowest BCUT2D eigenvalue weighted by Gasteiger charge is -2.20. The van der Waals surface area contributed by atoms with Crippen LogP contribution in [0.3, 0.4) is 0 Å². The molecular formula is C8H16N4. The molecule has 2 N–H and O–H groups in total. The molecule has 1 atom stereocenters. The number of aryl methyl sites for hydroxylation is 1. The molecule has 0 amide bonds. The summed E-state index contributed by atoms with van der Waals surface area (Å²) in [5.74, 6) is 0. The average Bonchev–Trinajstić information content (AvgIpc) is 2.37. The molecule has 0 aliphatic rings. The monoisotopic (exact) mass is 168 g/mol. The standard InChI is InChI=1S/C8H16N4/c1-11(2)8(4-9)7-5-12(3)6-10-7/h5-6,8H,4,9H2,1-3H3. The molecule has 4 heteroatoms. The van der Waals surface area contributed by atoms with Gasteiger partial charge in [-0.15, -0.1) is 0 Å². The zero-order valence-electron chi connectivity index (χ0n) is 7.86. The van der Waals surface area contributed by atoms with Gasteiger partial charge in [0.25, 0.3) is 0 Å². The second-order valence-corrected chi connectivity index (χ2v) is 3.18. The quantitative estimate of drug-likeness (QED) is 0.690. The Morgan fingerprint density at radius 1 is 1.67 bits per heavy atom. The third-order valence-electron chi connectivity index (χ3n) is 1.91. The molecule has 0 aliphatic carbocycles. The molecular weight excluding hydrogens is 152 g/mol. The second kappa shape index (κ2) is 3.69. The second-order valence-electron chi connectivity index (χ2n) is 3.18. The molecule has 1 unspecified atom stereocenters. The molecule has 0 radical (unpaired) electrons. The van der Waals surface area contributed by atoms with Crippen LogP contribution in [0.1, 0.15) is 11.7 Å². The lowest BCUT2D eigenvalue weighted by Crippen LogP contribution is -2.27. The number of nitrogens with two attached hydrogens (primary N) is 1. The molecule has 0 aromatic carbocycles. The maximum absolute atomic E-state index is 5.62. The molecule has 1 rings (SSSR count). The summed E-state index contributed by atoms with van der Waals surface area (Å²) in [4.78, 5) is 6.32. The van der Waals surface area contributed by atoms with Crippen molar-refractivity contribution in [1.29, 1.82) is 0 Å². The molecule has 12 heavy (non-hydrogen) atoms. The van der Waals surface area contributed by atoms with E-state index in [9.17, 15) is 0 Å². The number of likely N-dealkylation sites (N-methyl/N-ethyl adjacent to an activating group) is 1. The molecule has 1 heterocycles. The Bertz CT molecular complexity index is 241. The van der Waals surface area contributed by atoms with E-state index in [1.165, 1.54) is 0 Å². The first kappa shape index (κ1) is 9.22. The largest absolute Gasteiger partial charge is 0.340 e. The highest BCUT2D eigenvalue weighted by Crippen LogP contribution is 2.13. The zero-order valence-corrected chi connectivity index (χ0v) is 7.86. The third-order valence-corrected chi connectivity index (χ3v) is 1.91. The van der Waals surface area contributed by atoms with E-state index in [-0.39, 0.29) is 6.04 Å². The van der Waals surface area contributed by atoms with Crippen LogP contribution in [0.4, 0.5) is 0 Å². The van der Waals surface area contributed by atoms with Crippen molar-refractivity contribution in [1.82, 2.24) is 14.5 Å². The number of aromatic nitrogens is 2. The van der Waals surface area contributed by atoms with Gasteiger partial charge in [0.2, 0.25) is 0 Å². The van der Waals surface area contributed by atoms with Crippen LogP contribution in [0.2, 0.25) is 0 Å². The van der Waals surface area contributed by atoms with Crippen LogP contribution in [0.25, 0.3) is 0 Å². The summed E-state index contributed by atoms with van der Waals surface area (Å²) in [5, 5.41) is 0. The minimum absolute atomic E-state index is 0.228. The SMILES string of the molecule is CN(C)C(CN)c1cn(C)cn1. The van der Waals surface area contributed by atoms with Crippen molar-refractivity contribution >= 4 is 0 Å². The predicted molar refractivity (Wildman–Crippen MR) is 48.7 cm³/mol. The van der Waals surface area contributed by atoms with Gasteiger partial charge in [-0.05, 0) is 14.1 Å². The lowest BCUT2D eigenvalue weighted by atomic mass is 10.2. The highest BCUT2D eigenvalue weighted by molar-refractivity contribution is 5.03. The van der Waals surface area contributed by atoms with Gasteiger partial charge in [0.1, 0.15) is 0 Å². The van der Waals surface area contributed by atoms with E-state index in [0.717, 1.165) is 5.69 Å². The predicted octanol–water partition coefficient (Wildman–Crippen LogP) is -0.0185. The van der Waals surface area contributed by atoms with E-state index >= 15 is 0 Å². The molecule has 0 saturated heterocycles. The number of hydrogen-bond acceptors (Lipinski definition) is 3. The van der Waals surface area contributed by atoms with Crippen LogP contribution in [0, 0.1) is 0 Å². The van der Waals surface area contributed by atoms with E-state index in [0.29, 0.717) is 6.54 Å². The van der Waals surface area contributed by atoms with Crippen LogP contribution in [0.5, 0.6) is 0 Å². The third kappa shape index (κ3) is 1.84. The van der Waals surface area contributed by atoms with Crippen molar-refractivity contribution in [2.75, 3.05) is 20.6 Å². The van der Waals surface area contributed by atoms with Gasteiger partial charge in [0.05, 0.1) is 18.1 Å². The Morgan fingerprint density at radius 3 is 2.67 bits per heavy atom. The molecule has 0 bridgehead atoms. The zero-order chi connectivity index (χ0) is 9.14. The first-order valence-corrected chi connectivity index (χ1v) is 3.99. The molecule has 1 aromatic rings. The first-order chi connectivity index (χ1) is 5.65. The maximum atomic E-state index is 5.62. The Hall–Kier alpha value is -0.870. The maximum Gasteiger partial charge on any atom is 0.0947 e. The number of imidazole rings is 1. The Labute approximate surface area is 73.0 Å². The topological polar surface area (TPSA) is 47.1 Å². The summed E-state index contributed by atoms with van der Waals surface area (Å²) in [6.45, 7) is 0.601. The van der Waals surface area contributed by atoms with Gasteiger partial charge in [-0.1, -0.05) is 0 Å². The van der Waals surface area contributed by atoms with E-state index in [2.05, 4.69) is 9.88 Å². The number of rotatable bonds is 3. The fourth-order valence-electron chi connectivity index (χ4n) is 1.20. The van der Waals surface area contributed by atoms with E-state index in [1.54, 1.807) is 6.33 Å². The Kier molecular flexibility index (Phi) is 2.83. The fourth-order valence-corrected chi connectivity index (χ4v) is 1.20. The molecule has 0 aliphatic heterocycles. The van der Waals surface area contributed by atoms with Crippen LogP contribution in [0.15, 0.2) is 12.5 Å². The summed E-state index contributed by atoms with van der Waals surface area (Å²) >= 11 is 0. The van der Waals surface area contributed by atoms with Crippen molar-refractivity contribution in [3.8, 4) is 0 Å². The van der Waals surface area contributed by atoms with Gasteiger partial charge in [0.15, 0.2) is 0 Å². The average molecular weight is 168 g/mol. The molecule has 0 saturated carbocycles. The lowest BCUT2D eigenvalue weighted by molar-refractivity contribution is 0.301. The highest BCUT2D eigenvalue weighted by atomic mass is 15.1. The van der Waals surface area contributed by atoms with Crippen molar-refractivity contribution in [3.05, 3.63) is 18.2 Å². The van der Waals surface area contributed by atoms with Crippen molar-refractivity contribution < 1.29 is 0 Å². The van der Waals surface area contributed by atoms with Gasteiger partial charge in [-0.25, -0.2) is 4.98 Å². The minimum atomic E-state index is 0.228. The van der Waals surface area contributed by atoms with Gasteiger partial charge < -0.3 is 10.3 Å². The van der Waals surface area contributed by atoms with E-state index < -0.39 is 0 Å². The van der Waals surface area contributed by atoms with Gasteiger partial charge in [-0.3, -0.25) is 4.90 Å². The van der Waals surface area contributed by atoms with Crippen molar-refractivity contribution in [3.63, 3.8) is 0 Å². The Morgan fingerprint density at radius 2 is 2.33 bits per heavy atom. The smallest absolute Gasteiger partial charge is 0.0947 e. The summed E-state index contributed by atoms with van der Waals surface area (Å²) in [7, 11) is 5.97. The number of nitrogens with zero attached hydrogens (tertiary/aromatic N) is 3. The van der Waals surface area contributed by atoms with Crippen LogP contribution in [-0.2, 0) is 7.05 Å². The Balaban J connectivity index is 2.80. The summed E-state index contributed by atoms with van der Waals surface area (Å²) < 4.78 is 1.93. The summed E-state index contributed by atoms with van der Waals surface area (Å²) in [6.07, 6.45) is 3.79. The van der Waals surface area contributed by atoms with Gasteiger partial charge in [-0.2, -0.15) is 0 Å². The van der Waals surface area contributed by atoms with Crippen molar-refractivity contribution in [2.45, 2.75) is 6.04 Å². The summed E-state index contributed by atoms with van der Waals surface area (Å²) in [5.41, 5.74) is 6.66. The van der Waals surface area contributed by atoms with E-state index in [4.69, 9.17) is 5.73 Å². The van der Waals surface area contributed by atoms with Crippen LogP contribution >= 0.6 is 0 Å². The fraction of sp³-hybridized carbons (Fsp3) is 0.625. The normalized spacial score (nSPS) is 13.8. The number of hydrogen-bond donors (Lipinski definition) is 1. The molecule has 1 aromatic heterocycles. The summed E-state index contributed by atoms with van der Waals surface area (Å²) in [6, 6.07) is 0.228. The van der Waals surface area contributed by atoms with Crippen molar-refractivity contribution in [2.24, 2.45) is 12.8 Å². The van der Waals surface area contributed by atoms with Gasteiger partial charge in [0, 0.05) is 19.8 Å². The molecule has 0 spiro atoms. The van der Waals surface area contributed by atoms with E-state index in [1.807, 2.05) is 31.9 Å². The highest BCUT2D eigenvalue weighted by Gasteiger charge is 2.13. The molecule has 68 valence electrons. The molecule has 0 fully saturated rings. The van der Waals surface area contributed by atoms with Crippen LogP contribution in [-0.4, -0.2) is 35.1 Å². The van der Waals surface area contributed by atoms with Gasteiger partial charge >= 0.3 is 0 Å².